The fourth-order valence-corrected chi connectivity index (χ4v) is 3.51. The Morgan fingerprint density at radius 1 is 1.04 bits per heavy atom. The minimum atomic E-state index is -3.92. The van der Waals surface area contributed by atoms with Crippen molar-refractivity contribution in [1.29, 1.82) is 0 Å². The first kappa shape index (κ1) is 18.9. The highest BCUT2D eigenvalue weighted by atomic mass is 32.2. The van der Waals surface area contributed by atoms with E-state index in [0.717, 1.165) is 10.4 Å². The molecule has 0 unspecified atom stereocenters. The molecule has 0 bridgehead atoms. The van der Waals surface area contributed by atoms with Crippen molar-refractivity contribution in [2.45, 2.75) is 11.8 Å². The lowest BCUT2D eigenvalue weighted by Gasteiger charge is -2.20. The highest BCUT2D eigenvalue weighted by Gasteiger charge is 2.25. The van der Waals surface area contributed by atoms with Gasteiger partial charge in [-0.2, -0.15) is 4.31 Å². The molecular weight excluding hydrogens is 357 g/mol. The number of amides is 1. The van der Waals surface area contributed by atoms with E-state index in [1.54, 1.807) is 6.07 Å². The third kappa shape index (κ3) is 4.18. The number of carbonyl (C=O) groups is 1. The van der Waals surface area contributed by atoms with Gasteiger partial charge in [-0.15, -0.1) is 0 Å². The number of sulfonamides is 1. The van der Waals surface area contributed by atoms with Crippen LogP contribution in [0.2, 0.25) is 0 Å². The van der Waals surface area contributed by atoms with Crippen molar-refractivity contribution in [2.75, 3.05) is 18.4 Å². The first-order chi connectivity index (χ1) is 11.8. The number of carbonyl (C=O) groups excluding carboxylic acids is 1. The highest BCUT2D eigenvalue weighted by Crippen LogP contribution is 2.20. The molecule has 2 aromatic rings. The molecule has 0 aromatic heterocycles. The van der Waals surface area contributed by atoms with E-state index in [1.807, 2.05) is 5.32 Å². The van der Waals surface area contributed by atoms with E-state index < -0.39 is 45.6 Å². The van der Waals surface area contributed by atoms with Crippen molar-refractivity contribution in [3.63, 3.8) is 0 Å². The maximum absolute atomic E-state index is 13.6. The van der Waals surface area contributed by atoms with Gasteiger partial charge in [-0.25, -0.2) is 21.6 Å². The van der Waals surface area contributed by atoms with Crippen LogP contribution in [0.3, 0.4) is 0 Å². The van der Waals surface area contributed by atoms with Gasteiger partial charge in [0, 0.05) is 6.54 Å². The number of nitrogens with one attached hydrogen (secondary N) is 1. The number of hydrogen-bond donors (Lipinski definition) is 1. The molecule has 0 aliphatic heterocycles. The zero-order valence-corrected chi connectivity index (χ0v) is 14.0. The number of benzene rings is 2. The van der Waals surface area contributed by atoms with Crippen molar-refractivity contribution in [3.05, 3.63) is 59.9 Å². The van der Waals surface area contributed by atoms with Gasteiger partial charge in [-0.1, -0.05) is 25.1 Å². The third-order valence-corrected chi connectivity index (χ3v) is 5.30. The van der Waals surface area contributed by atoms with E-state index in [1.165, 1.54) is 31.2 Å². The fourth-order valence-electron chi connectivity index (χ4n) is 2.08. The summed E-state index contributed by atoms with van der Waals surface area (Å²) in [7, 11) is -3.92. The molecule has 0 aliphatic carbocycles. The molecule has 2 aromatic carbocycles. The maximum Gasteiger partial charge on any atom is 0.243 e. The summed E-state index contributed by atoms with van der Waals surface area (Å²) in [5.74, 6) is -5.55. The van der Waals surface area contributed by atoms with E-state index >= 15 is 0 Å². The molecule has 0 spiro atoms. The Balaban J connectivity index is 2.17. The molecule has 1 amide bonds. The lowest BCUT2D eigenvalue weighted by atomic mass is 10.2. The van der Waals surface area contributed by atoms with E-state index in [9.17, 15) is 26.4 Å². The molecular formula is C16H15F3N2O3S. The molecule has 0 saturated carbocycles. The number of nitrogens with zero attached hydrogens (tertiary/aromatic N) is 1. The average molecular weight is 372 g/mol. The quantitative estimate of drug-likeness (QED) is 0.793. The van der Waals surface area contributed by atoms with Crippen LogP contribution in [0, 0.1) is 17.5 Å². The number of anilines is 1. The summed E-state index contributed by atoms with van der Waals surface area (Å²) in [6, 6.07) is 9.00. The van der Waals surface area contributed by atoms with Gasteiger partial charge in [0.25, 0.3) is 0 Å². The normalized spacial score (nSPS) is 11.6. The Labute approximate surface area is 143 Å². The molecule has 25 heavy (non-hydrogen) atoms. The van der Waals surface area contributed by atoms with Crippen LogP contribution < -0.4 is 5.32 Å². The van der Waals surface area contributed by atoms with Gasteiger partial charge in [-0.3, -0.25) is 4.79 Å². The third-order valence-electron chi connectivity index (χ3n) is 3.36. The van der Waals surface area contributed by atoms with Crippen LogP contribution in [0.1, 0.15) is 6.92 Å². The molecule has 0 fully saturated rings. The number of hydrogen-bond acceptors (Lipinski definition) is 3. The summed E-state index contributed by atoms with van der Waals surface area (Å²) in [6.45, 7) is 0.920. The zero-order valence-electron chi connectivity index (χ0n) is 13.2. The van der Waals surface area contributed by atoms with E-state index in [2.05, 4.69) is 0 Å². The number of likely N-dealkylation sites (N-methyl/N-ethyl adjacent to an activating group) is 1. The second-order valence-electron chi connectivity index (χ2n) is 5.02. The Kier molecular flexibility index (Phi) is 5.81. The summed E-state index contributed by atoms with van der Waals surface area (Å²) >= 11 is 0. The Bertz CT molecular complexity index is 874. The van der Waals surface area contributed by atoms with Gasteiger partial charge in [0.1, 0.15) is 0 Å². The minimum absolute atomic E-state index is 0.00339. The van der Waals surface area contributed by atoms with Gasteiger partial charge in [0.05, 0.1) is 17.1 Å². The topological polar surface area (TPSA) is 66.5 Å². The lowest BCUT2D eigenvalue weighted by Crippen LogP contribution is -2.38. The average Bonchev–Trinajstić information content (AvgIpc) is 2.60. The predicted molar refractivity (Wildman–Crippen MR) is 85.8 cm³/mol. The number of halogens is 3. The molecule has 2 rings (SSSR count). The fraction of sp³-hybridized carbons (Fsp3) is 0.188. The van der Waals surface area contributed by atoms with Crippen molar-refractivity contribution in [1.82, 2.24) is 4.31 Å². The largest absolute Gasteiger partial charge is 0.322 e. The second kappa shape index (κ2) is 7.66. The van der Waals surface area contributed by atoms with Crippen molar-refractivity contribution in [2.24, 2.45) is 0 Å². The van der Waals surface area contributed by atoms with Crippen LogP contribution in [0.4, 0.5) is 18.9 Å². The second-order valence-corrected chi connectivity index (χ2v) is 6.95. The Hall–Kier alpha value is -2.39. The van der Waals surface area contributed by atoms with Crippen molar-refractivity contribution < 1.29 is 26.4 Å². The lowest BCUT2D eigenvalue weighted by molar-refractivity contribution is -0.116. The van der Waals surface area contributed by atoms with Gasteiger partial charge in [-0.05, 0) is 24.3 Å². The van der Waals surface area contributed by atoms with Gasteiger partial charge in [0.15, 0.2) is 17.5 Å². The summed E-state index contributed by atoms with van der Waals surface area (Å²) in [5.41, 5.74) is -0.572. The summed E-state index contributed by atoms with van der Waals surface area (Å²) in [4.78, 5) is 12.0. The van der Waals surface area contributed by atoms with E-state index in [0.29, 0.717) is 6.07 Å². The molecule has 0 atom stereocenters. The molecule has 134 valence electrons. The van der Waals surface area contributed by atoms with Gasteiger partial charge in [0.2, 0.25) is 15.9 Å². The van der Waals surface area contributed by atoms with Crippen LogP contribution in [-0.2, 0) is 14.8 Å². The van der Waals surface area contributed by atoms with Gasteiger partial charge >= 0.3 is 0 Å². The first-order valence-electron chi connectivity index (χ1n) is 7.26. The molecule has 0 heterocycles. The van der Waals surface area contributed by atoms with Gasteiger partial charge < -0.3 is 5.32 Å². The molecule has 9 heteroatoms. The predicted octanol–water partition coefficient (Wildman–Crippen LogP) is 2.75. The Morgan fingerprint density at radius 3 is 2.28 bits per heavy atom. The van der Waals surface area contributed by atoms with Crippen LogP contribution in [-0.4, -0.2) is 31.7 Å². The van der Waals surface area contributed by atoms with Crippen molar-refractivity contribution in [3.8, 4) is 0 Å². The molecule has 0 radical (unpaired) electrons. The Morgan fingerprint density at radius 2 is 1.68 bits per heavy atom. The van der Waals surface area contributed by atoms with E-state index in [-0.39, 0.29) is 11.4 Å². The molecule has 0 aliphatic rings. The highest BCUT2D eigenvalue weighted by molar-refractivity contribution is 7.89. The monoisotopic (exact) mass is 372 g/mol. The standard InChI is InChI=1S/C16H15F3N2O3S/c1-2-21(25(23,24)11-6-4-3-5-7-11)10-14(22)20-13-9-8-12(17)15(18)16(13)19/h3-9H,2,10H2,1H3,(H,20,22). The van der Waals surface area contributed by atoms with Crippen LogP contribution >= 0.6 is 0 Å². The zero-order chi connectivity index (χ0) is 18.6. The maximum atomic E-state index is 13.6. The van der Waals surface area contributed by atoms with Crippen LogP contribution in [0.5, 0.6) is 0 Å². The number of rotatable bonds is 6. The minimum Gasteiger partial charge on any atom is -0.322 e. The van der Waals surface area contributed by atoms with E-state index in [4.69, 9.17) is 0 Å². The SMILES string of the molecule is CCN(CC(=O)Nc1ccc(F)c(F)c1F)S(=O)(=O)c1ccccc1. The first-order valence-corrected chi connectivity index (χ1v) is 8.70. The van der Waals surface area contributed by atoms with Crippen LogP contribution in [0.15, 0.2) is 47.4 Å². The molecule has 0 saturated heterocycles. The molecule has 1 N–H and O–H groups in total. The smallest absolute Gasteiger partial charge is 0.243 e. The summed E-state index contributed by atoms with van der Waals surface area (Å²) in [6.07, 6.45) is 0. The molecule has 5 nitrogen and oxygen atoms in total. The van der Waals surface area contributed by atoms with Crippen LogP contribution in [0.25, 0.3) is 0 Å². The van der Waals surface area contributed by atoms with Crippen molar-refractivity contribution >= 4 is 21.6 Å². The summed E-state index contributed by atoms with van der Waals surface area (Å²) < 4.78 is 65.5. The summed E-state index contributed by atoms with van der Waals surface area (Å²) in [5, 5.41) is 2.04.